The minimum atomic E-state index is -4.42. The molecule has 170 valence electrons. The van der Waals surface area contributed by atoms with Gasteiger partial charge in [-0.3, -0.25) is 9.59 Å². The lowest BCUT2D eigenvalue weighted by Crippen LogP contribution is -2.33. The van der Waals surface area contributed by atoms with Crippen LogP contribution in [-0.4, -0.2) is 33.6 Å². The Morgan fingerprint density at radius 1 is 1.25 bits per heavy atom. The summed E-state index contributed by atoms with van der Waals surface area (Å²) in [6, 6.07) is 8.46. The second kappa shape index (κ2) is 9.39. The quantitative estimate of drug-likeness (QED) is 0.445. The van der Waals surface area contributed by atoms with E-state index in [4.69, 9.17) is 0 Å². The van der Waals surface area contributed by atoms with Crippen molar-refractivity contribution in [2.24, 2.45) is 0 Å². The monoisotopic (exact) mass is 448 g/mol. The summed E-state index contributed by atoms with van der Waals surface area (Å²) in [4.78, 5) is 30.7. The topological polar surface area (TPSA) is 107 Å². The molecule has 7 nitrogen and oxygen atoms in total. The fourth-order valence-electron chi connectivity index (χ4n) is 3.18. The third-order valence-electron chi connectivity index (χ3n) is 4.87. The molecule has 0 unspecified atom stereocenters. The van der Waals surface area contributed by atoms with E-state index < -0.39 is 23.8 Å². The Labute approximate surface area is 181 Å². The maximum atomic E-state index is 12.9. The van der Waals surface area contributed by atoms with Gasteiger partial charge in [-0.05, 0) is 55.7 Å². The minimum absolute atomic E-state index is 0.136. The number of halogens is 3. The first-order valence-corrected chi connectivity index (χ1v) is 9.94. The molecular formula is C22H23F3N4O3. The van der Waals surface area contributed by atoms with E-state index in [2.05, 4.69) is 20.6 Å². The van der Waals surface area contributed by atoms with Crippen molar-refractivity contribution in [3.05, 3.63) is 69.1 Å². The van der Waals surface area contributed by atoms with Gasteiger partial charge in [0.15, 0.2) is 0 Å². The molecule has 10 heteroatoms. The number of nitrogens with one attached hydrogen (secondary N) is 3. The first-order valence-electron chi connectivity index (χ1n) is 9.94. The summed E-state index contributed by atoms with van der Waals surface area (Å²) in [5.41, 5.74) is 1.98. The Morgan fingerprint density at radius 3 is 2.69 bits per heavy atom. The number of rotatable bonds is 7. The average molecular weight is 448 g/mol. The minimum Gasteiger partial charge on any atom is -0.384 e. The maximum absolute atomic E-state index is 12.9. The third kappa shape index (κ3) is 5.64. The first-order chi connectivity index (χ1) is 15.0. The normalized spacial score (nSPS) is 12.6. The number of aliphatic hydroxyl groups excluding tert-OH is 1. The van der Waals surface area contributed by atoms with Crippen LogP contribution in [0.25, 0.3) is 11.0 Å². The zero-order valence-electron chi connectivity index (χ0n) is 17.5. The highest BCUT2D eigenvalue weighted by atomic mass is 19.4. The molecular weight excluding hydrogens is 425 g/mol. The molecule has 4 N–H and O–H groups in total. The van der Waals surface area contributed by atoms with Crippen molar-refractivity contribution in [1.82, 2.24) is 15.3 Å². The third-order valence-corrected chi connectivity index (χ3v) is 4.87. The van der Waals surface area contributed by atoms with Gasteiger partial charge in [0.2, 0.25) is 5.91 Å². The van der Waals surface area contributed by atoms with Crippen molar-refractivity contribution >= 4 is 22.6 Å². The number of aromatic amines is 1. The molecule has 2 aromatic carbocycles. The maximum Gasteiger partial charge on any atom is 0.416 e. The Bertz CT molecular complexity index is 1190. The largest absolute Gasteiger partial charge is 0.416 e. The van der Waals surface area contributed by atoms with Gasteiger partial charge in [0.05, 0.1) is 16.6 Å². The molecule has 32 heavy (non-hydrogen) atoms. The number of aromatic nitrogens is 2. The molecule has 0 aliphatic heterocycles. The first kappa shape index (κ1) is 23.3. The van der Waals surface area contributed by atoms with Crippen LogP contribution in [0.15, 0.2) is 41.2 Å². The molecule has 0 fully saturated rings. The number of aliphatic hydroxyl groups is 1. The lowest BCUT2D eigenvalue weighted by atomic mass is 10.1. The molecule has 0 aliphatic rings. The highest BCUT2D eigenvalue weighted by Gasteiger charge is 2.30. The van der Waals surface area contributed by atoms with Gasteiger partial charge in [-0.15, -0.1) is 0 Å². The summed E-state index contributed by atoms with van der Waals surface area (Å²) in [7, 11) is 0. The molecule has 3 aromatic rings. The zero-order valence-corrected chi connectivity index (χ0v) is 17.5. The van der Waals surface area contributed by atoms with Gasteiger partial charge in [-0.25, -0.2) is 4.98 Å². The van der Waals surface area contributed by atoms with E-state index in [1.807, 2.05) is 0 Å². The molecule has 3 rings (SSSR count). The summed E-state index contributed by atoms with van der Waals surface area (Å²) in [6.07, 6.45) is -5.19. The molecule has 1 aromatic heterocycles. The summed E-state index contributed by atoms with van der Waals surface area (Å²) >= 11 is 0. The Kier molecular flexibility index (Phi) is 6.83. The van der Waals surface area contributed by atoms with E-state index in [0.29, 0.717) is 28.7 Å². The summed E-state index contributed by atoms with van der Waals surface area (Å²) < 4.78 is 38.8. The number of fused-ring (bicyclic) bond motifs is 1. The molecule has 1 heterocycles. The van der Waals surface area contributed by atoms with Crippen molar-refractivity contribution in [2.75, 3.05) is 11.9 Å². The molecule has 0 saturated carbocycles. The number of carbonyl (C=O) groups is 1. The van der Waals surface area contributed by atoms with Crippen LogP contribution in [0.2, 0.25) is 0 Å². The van der Waals surface area contributed by atoms with Crippen molar-refractivity contribution in [3.8, 4) is 0 Å². The number of carbonyl (C=O) groups excluding carboxylic acids is 1. The summed E-state index contributed by atoms with van der Waals surface area (Å²) in [6.45, 7) is 3.31. The number of hydrogen-bond donors (Lipinski definition) is 4. The fourth-order valence-corrected chi connectivity index (χ4v) is 3.18. The zero-order chi connectivity index (χ0) is 23.5. The van der Waals surface area contributed by atoms with Gasteiger partial charge in [-0.2, -0.15) is 13.2 Å². The summed E-state index contributed by atoms with van der Waals surface area (Å²) in [5.74, 6) is -0.509. The number of benzene rings is 2. The van der Waals surface area contributed by atoms with E-state index in [0.717, 1.165) is 17.7 Å². The molecule has 0 saturated heterocycles. The second-order valence-electron chi connectivity index (χ2n) is 7.45. The van der Waals surface area contributed by atoms with Crippen LogP contribution in [0.3, 0.4) is 0 Å². The molecule has 0 bridgehead atoms. The highest BCUT2D eigenvalue weighted by molar-refractivity contribution is 5.83. The van der Waals surface area contributed by atoms with Gasteiger partial charge in [0.25, 0.3) is 5.56 Å². The lowest BCUT2D eigenvalue weighted by Gasteiger charge is -2.14. The van der Waals surface area contributed by atoms with E-state index in [1.54, 1.807) is 25.1 Å². The van der Waals surface area contributed by atoms with Crippen molar-refractivity contribution in [1.29, 1.82) is 0 Å². The van der Waals surface area contributed by atoms with E-state index in [-0.39, 0.29) is 24.3 Å². The van der Waals surface area contributed by atoms with Crippen LogP contribution in [0, 0.1) is 6.92 Å². The predicted molar refractivity (Wildman–Crippen MR) is 114 cm³/mol. The van der Waals surface area contributed by atoms with Gasteiger partial charge in [0, 0.05) is 18.8 Å². The SMILES string of the molecule is Cc1nc2c(CCNC(=O)[C@H](C)O)cc(NCc3cccc(C(F)(F)F)c3)cc2[nH]c1=O. The standard InChI is InChI=1S/C22H23F3N4O3/c1-12-20(31)29-18-10-17(27-11-14-4-3-5-16(8-14)22(23,24)25)9-15(19(18)28-12)6-7-26-21(32)13(2)30/h3-5,8-10,13,27,30H,6-7,11H2,1-2H3,(H,26,32)(H,29,31)/t13-/m0/s1. The lowest BCUT2D eigenvalue weighted by molar-refractivity contribution is -0.137. The Hall–Kier alpha value is -3.40. The van der Waals surface area contributed by atoms with Gasteiger partial charge in [-0.1, -0.05) is 12.1 Å². The number of anilines is 1. The Balaban J connectivity index is 1.86. The molecule has 1 amide bonds. The predicted octanol–water partition coefficient (Wildman–Crippen LogP) is 2.90. The Morgan fingerprint density at radius 2 is 2.00 bits per heavy atom. The van der Waals surface area contributed by atoms with Crippen LogP contribution >= 0.6 is 0 Å². The van der Waals surface area contributed by atoms with Crippen molar-refractivity contribution in [3.63, 3.8) is 0 Å². The number of H-pyrrole nitrogens is 1. The number of nitrogens with zero attached hydrogens (tertiary/aromatic N) is 1. The van der Waals surface area contributed by atoms with E-state index in [9.17, 15) is 27.9 Å². The van der Waals surface area contributed by atoms with Crippen LogP contribution in [-0.2, 0) is 23.9 Å². The smallest absolute Gasteiger partial charge is 0.384 e. The van der Waals surface area contributed by atoms with E-state index in [1.165, 1.54) is 13.0 Å². The van der Waals surface area contributed by atoms with Crippen LogP contribution in [0.1, 0.15) is 29.3 Å². The van der Waals surface area contributed by atoms with Gasteiger partial charge >= 0.3 is 6.18 Å². The average Bonchev–Trinajstić information content (AvgIpc) is 2.73. The molecule has 0 spiro atoms. The van der Waals surface area contributed by atoms with E-state index >= 15 is 0 Å². The number of amides is 1. The fraction of sp³-hybridized carbons (Fsp3) is 0.318. The summed E-state index contributed by atoms with van der Waals surface area (Å²) in [5, 5.41) is 15.0. The van der Waals surface area contributed by atoms with Crippen LogP contribution in [0.5, 0.6) is 0 Å². The highest BCUT2D eigenvalue weighted by Crippen LogP contribution is 2.30. The second-order valence-corrected chi connectivity index (χ2v) is 7.45. The van der Waals surface area contributed by atoms with Crippen LogP contribution in [0.4, 0.5) is 18.9 Å². The number of aryl methyl sites for hydroxylation is 1. The molecule has 0 aliphatic carbocycles. The molecule has 1 atom stereocenters. The van der Waals surface area contributed by atoms with Crippen molar-refractivity contribution in [2.45, 2.75) is 39.1 Å². The van der Waals surface area contributed by atoms with Crippen LogP contribution < -0.4 is 16.2 Å². The number of alkyl halides is 3. The van der Waals surface area contributed by atoms with Crippen molar-refractivity contribution < 1.29 is 23.1 Å². The molecule has 0 radical (unpaired) electrons. The van der Waals surface area contributed by atoms with Gasteiger partial charge in [0.1, 0.15) is 11.8 Å². The number of hydrogen-bond acceptors (Lipinski definition) is 5. The van der Waals surface area contributed by atoms with Gasteiger partial charge < -0.3 is 20.7 Å².